The van der Waals surface area contributed by atoms with E-state index in [-0.39, 0.29) is 0 Å². The third-order valence-electron chi connectivity index (χ3n) is 2.78. The molecule has 1 unspecified atom stereocenters. The quantitative estimate of drug-likeness (QED) is 0.539. The smallest absolute Gasteiger partial charge is 0.00442 e. The van der Waals surface area contributed by atoms with E-state index in [0.717, 1.165) is 11.3 Å². The zero-order valence-electron chi connectivity index (χ0n) is 5.35. The van der Waals surface area contributed by atoms with Gasteiger partial charge >= 0.3 is 0 Å². The Morgan fingerprint density at radius 1 is 1.62 bits per heavy atom. The molecule has 1 nitrogen and oxygen atoms in total. The van der Waals surface area contributed by atoms with E-state index in [4.69, 9.17) is 5.73 Å². The highest BCUT2D eigenvalue weighted by atomic mass is 14.8. The predicted molar refractivity (Wildman–Crippen MR) is 33.4 cm³/mol. The molecule has 0 aromatic rings. The highest BCUT2D eigenvalue weighted by Crippen LogP contribution is 2.71. The standard InChI is InChI=1S/C7H13N/c1-5(8)6-4-7(6)2-3-7/h5-6H,2-4,8H2,1H3/t5-,6?/m1/s1. The van der Waals surface area contributed by atoms with Crippen LogP contribution in [0.25, 0.3) is 0 Å². The number of nitrogens with two attached hydrogens (primary N) is 1. The van der Waals surface area contributed by atoms with E-state index < -0.39 is 0 Å². The van der Waals surface area contributed by atoms with Gasteiger partial charge in [-0.25, -0.2) is 0 Å². The molecule has 0 aromatic carbocycles. The van der Waals surface area contributed by atoms with Crippen molar-refractivity contribution in [3.05, 3.63) is 0 Å². The number of rotatable bonds is 1. The molecule has 0 aliphatic heterocycles. The zero-order chi connectivity index (χ0) is 5.78. The second-order valence-corrected chi connectivity index (χ2v) is 3.53. The van der Waals surface area contributed by atoms with Gasteiger partial charge in [0.2, 0.25) is 0 Å². The van der Waals surface area contributed by atoms with Crippen LogP contribution in [0, 0.1) is 11.3 Å². The van der Waals surface area contributed by atoms with Gasteiger partial charge in [-0.05, 0) is 37.5 Å². The normalized spacial score (nSPS) is 42.0. The monoisotopic (exact) mass is 111 g/mol. The fourth-order valence-electron chi connectivity index (χ4n) is 1.86. The van der Waals surface area contributed by atoms with Crippen LogP contribution in [0.15, 0.2) is 0 Å². The Balaban J connectivity index is 1.96. The molecular formula is C7H13N. The largest absolute Gasteiger partial charge is 0.328 e. The molecule has 46 valence electrons. The average molecular weight is 111 g/mol. The Labute approximate surface area is 50.3 Å². The molecule has 2 aliphatic carbocycles. The molecule has 0 aromatic heterocycles. The first-order valence-corrected chi connectivity index (χ1v) is 3.50. The fourth-order valence-corrected chi connectivity index (χ4v) is 1.86. The molecule has 2 fully saturated rings. The third kappa shape index (κ3) is 0.455. The summed E-state index contributed by atoms with van der Waals surface area (Å²) in [5, 5.41) is 0. The molecule has 0 amide bonds. The van der Waals surface area contributed by atoms with E-state index in [2.05, 4.69) is 6.92 Å². The Hall–Kier alpha value is -0.0400. The Kier molecular flexibility index (Phi) is 0.663. The Morgan fingerprint density at radius 2 is 2.25 bits per heavy atom. The van der Waals surface area contributed by atoms with Crippen LogP contribution in [-0.4, -0.2) is 6.04 Å². The number of hydrogen-bond acceptors (Lipinski definition) is 1. The van der Waals surface area contributed by atoms with E-state index >= 15 is 0 Å². The van der Waals surface area contributed by atoms with Crippen LogP contribution in [-0.2, 0) is 0 Å². The third-order valence-corrected chi connectivity index (χ3v) is 2.78. The predicted octanol–water partition coefficient (Wildman–Crippen LogP) is 1.13. The van der Waals surface area contributed by atoms with Crippen molar-refractivity contribution in [2.75, 3.05) is 0 Å². The van der Waals surface area contributed by atoms with Gasteiger partial charge in [-0.2, -0.15) is 0 Å². The van der Waals surface area contributed by atoms with Crippen LogP contribution in [0.4, 0.5) is 0 Å². The van der Waals surface area contributed by atoms with Gasteiger partial charge in [0.15, 0.2) is 0 Å². The summed E-state index contributed by atoms with van der Waals surface area (Å²) in [5.41, 5.74) is 6.53. The van der Waals surface area contributed by atoms with Gasteiger partial charge in [-0.15, -0.1) is 0 Å². The van der Waals surface area contributed by atoms with Crippen LogP contribution in [0.3, 0.4) is 0 Å². The minimum Gasteiger partial charge on any atom is -0.328 e. The Morgan fingerprint density at radius 3 is 2.38 bits per heavy atom. The van der Waals surface area contributed by atoms with Gasteiger partial charge in [-0.1, -0.05) is 0 Å². The molecule has 0 bridgehead atoms. The molecule has 0 radical (unpaired) electrons. The van der Waals surface area contributed by atoms with Crippen molar-refractivity contribution >= 4 is 0 Å². The summed E-state index contributed by atoms with van der Waals surface area (Å²) >= 11 is 0. The topological polar surface area (TPSA) is 26.0 Å². The van der Waals surface area contributed by atoms with Gasteiger partial charge in [0.05, 0.1) is 0 Å². The lowest BCUT2D eigenvalue weighted by Crippen LogP contribution is -2.18. The van der Waals surface area contributed by atoms with Crippen molar-refractivity contribution in [2.24, 2.45) is 17.1 Å². The van der Waals surface area contributed by atoms with Crippen LogP contribution in [0.5, 0.6) is 0 Å². The molecule has 1 heteroatoms. The lowest BCUT2D eigenvalue weighted by Gasteiger charge is -1.99. The second-order valence-electron chi connectivity index (χ2n) is 3.53. The summed E-state index contributed by atoms with van der Waals surface area (Å²) in [6, 6.07) is 0.470. The fraction of sp³-hybridized carbons (Fsp3) is 1.00. The highest BCUT2D eigenvalue weighted by Gasteiger charge is 2.63. The lowest BCUT2D eigenvalue weighted by molar-refractivity contribution is 0.585. The molecule has 0 saturated heterocycles. The van der Waals surface area contributed by atoms with Crippen molar-refractivity contribution in [3.8, 4) is 0 Å². The molecular weight excluding hydrogens is 98.1 g/mol. The molecule has 2 aliphatic rings. The van der Waals surface area contributed by atoms with Crippen LogP contribution >= 0.6 is 0 Å². The molecule has 0 heterocycles. The van der Waals surface area contributed by atoms with Gasteiger partial charge in [0, 0.05) is 6.04 Å². The van der Waals surface area contributed by atoms with E-state index in [1.165, 1.54) is 19.3 Å². The maximum Gasteiger partial charge on any atom is 0.00442 e. The van der Waals surface area contributed by atoms with Gasteiger partial charge in [-0.3, -0.25) is 0 Å². The summed E-state index contributed by atoms with van der Waals surface area (Å²) in [6.45, 7) is 2.14. The first kappa shape index (κ1) is 4.80. The first-order valence-electron chi connectivity index (χ1n) is 3.50. The van der Waals surface area contributed by atoms with Crippen molar-refractivity contribution < 1.29 is 0 Å². The summed E-state index contributed by atoms with van der Waals surface area (Å²) in [7, 11) is 0. The molecule has 2 atom stereocenters. The molecule has 2 saturated carbocycles. The SMILES string of the molecule is C[C@@H](N)C1CC12CC2. The average Bonchev–Trinajstić information content (AvgIpc) is 2.50. The van der Waals surface area contributed by atoms with Crippen LogP contribution in [0.1, 0.15) is 26.2 Å². The lowest BCUT2D eigenvalue weighted by atomic mass is 10.2. The van der Waals surface area contributed by atoms with Crippen LogP contribution in [0.2, 0.25) is 0 Å². The van der Waals surface area contributed by atoms with Crippen molar-refractivity contribution in [1.29, 1.82) is 0 Å². The van der Waals surface area contributed by atoms with Crippen molar-refractivity contribution in [2.45, 2.75) is 32.2 Å². The first-order chi connectivity index (χ1) is 3.75. The number of hydrogen-bond donors (Lipinski definition) is 1. The summed E-state index contributed by atoms with van der Waals surface area (Å²) < 4.78 is 0. The van der Waals surface area contributed by atoms with Gasteiger partial charge < -0.3 is 5.73 Å². The van der Waals surface area contributed by atoms with E-state index in [1.54, 1.807) is 0 Å². The summed E-state index contributed by atoms with van der Waals surface area (Å²) in [5.74, 6) is 0.905. The van der Waals surface area contributed by atoms with E-state index in [1.807, 2.05) is 0 Å². The summed E-state index contributed by atoms with van der Waals surface area (Å²) in [4.78, 5) is 0. The minimum absolute atomic E-state index is 0.470. The molecule has 2 N–H and O–H groups in total. The molecule has 8 heavy (non-hydrogen) atoms. The van der Waals surface area contributed by atoms with Crippen molar-refractivity contribution in [3.63, 3.8) is 0 Å². The second kappa shape index (κ2) is 1.10. The van der Waals surface area contributed by atoms with E-state index in [9.17, 15) is 0 Å². The maximum absolute atomic E-state index is 5.71. The highest BCUT2D eigenvalue weighted by molar-refractivity contribution is 5.14. The van der Waals surface area contributed by atoms with Gasteiger partial charge in [0.25, 0.3) is 0 Å². The zero-order valence-corrected chi connectivity index (χ0v) is 5.35. The minimum atomic E-state index is 0.470. The van der Waals surface area contributed by atoms with Gasteiger partial charge in [0.1, 0.15) is 0 Å². The van der Waals surface area contributed by atoms with E-state index in [0.29, 0.717) is 6.04 Å². The molecule has 1 spiro atoms. The molecule has 2 rings (SSSR count). The van der Waals surface area contributed by atoms with Crippen LogP contribution < -0.4 is 5.73 Å². The maximum atomic E-state index is 5.71. The summed E-state index contributed by atoms with van der Waals surface area (Å²) in [6.07, 6.45) is 4.38. The Bertz CT molecular complexity index is 114. The van der Waals surface area contributed by atoms with Crippen molar-refractivity contribution in [1.82, 2.24) is 0 Å².